The number of nitrogens with two attached hydrogens (primary N) is 1. The van der Waals surface area contributed by atoms with Crippen LogP contribution in [0.3, 0.4) is 0 Å². The maximum absolute atomic E-state index is 6.30. The molecular weight excluding hydrogens is 298 g/mol. The van der Waals surface area contributed by atoms with Crippen molar-refractivity contribution in [2.45, 2.75) is 32.1 Å². The average molecular weight is 323 g/mol. The molecule has 0 fully saturated rings. The Labute approximate surface area is 143 Å². The Morgan fingerprint density at radius 1 is 1.17 bits per heavy atom. The second-order valence-corrected chi connectivity index (χ2v) is 6.14. The van der Waals surface area contributed by atoms with Crippen LogP contribution >= 0.6 is 0 Å². The lowest BCUT2D eigenvalue weighted by Crippen LogP contribution is -2.16. The van der Waals surface area contributed by atoms with Gasteiger partial charge >= 0.3 is 0 Å². The highest BCUT2D eigenvalue weighted by Gasteiger charge is 2.13. The first-order chi connectivity index (χ1) is 11.8. The van der Waals surface area contributed by atoms with Gasteiger partial charge in [-0.05, 0) is 44.2 Å². The fourth-order valence-corrected chi connectivity index (χ4v) is 3.04. The summed E-state index contributed by atoms with van der Waals surface area (Å²) in [5, 5.41) is 3.36. The third kappa shape index (κ3) is 3.85. The van der Waals surface area contributed by atoms with E-state index in [2.05, 4.69) is 21.4 Å². The number of nitrogen functional groups attached to an aromatic ring is 1. The van der Waals surface area contributed by atoms with Gasteiger partial charge in [0, 0.05) is 19.3 Å². The Balaban J connectivity index is 1.68. The van der Waals surface area contributed by atoms with Crippen molar-refractivity contribution in [2.24, 2.45) is 0 Å². The van der Waals surface area contributed by atoms with Crippen LogP contribution in [-0.4, -0.2) is 23.6 Å². The smallest absolute Gasteiger partial charge is 0.161 e. The minimum absolute atomic E-state index is 0.585. The second-order valence-electron chi connectivity index (χ2n) is 6.14. The zero-order valence-electron chi connectivity index (χ0n) is 14.2. The first kappa shape index (κ1) is 16.3. The van der Waals surface area contributed by atoms with Crippen LogP contribution in [0.5, 0.6) is 0 Å². The summed E-state index contributed by atoms with van der Waals surface area (Å²) in [6.07, 6.45) is 10.1. The van der Waals surface area contributed by atoms with Crippen molar-refractivity contribution in [3.05, 3.63) is 48.3 Å². The van der Waals surface area contributed by atoms with Crippen molar-refractivity contribution in [3.63, 3.8) is 0 Å². The van der Waals surface area contributed by atoms with E-state index in [1.807, 2.05) is 42.3 Å². The van der Waals surface area contributed by atoms with Gasteiger partial charge in [-0.2, -0.15) is 0 Å². The number of hydrogen-bond donors (Lipinski definition) is 2. The van der Waals surface area contributed by atoms with Gasteiger partial charge < -0.3 is 16.0 Å². The van der Waals surface area contributed by atoms with Gasteiger partial charge in [0.25, 0.3) is 0 Å². The molecule has 1 heterocycles. The third-order valence-corrected chi connectivity index (χ3v) is 4.45. The molecule has 5 nitrogen and oxygen atoms in total. The van der Waals surface area contributed by atoms with Crippen LogP contribution in [0.25, 0.3) is 0 Å². The quantitative estimate of drug-likeness (QED) is 0.782. The highest BCUT2D eigenvalue weighted by Crippen LogP contribution is 2.30. The molecule has 0 atom stereocenters. The number of nitrogens with zero attached hydrogens (tertiary/aromatic N) is 3. The molecular formula is C19H25N5. The van der Waals surface area contributed by atoms with Crippen molar-refractivity contribution in [1.29, 1.82) is 0 Å². The highest BCUT2D eigenvalue weighted by molar-refractivity contribution is 5.78. The molecule has 1 aliphatic carbocycles. The first-order valence-corrected chi connectivity index (χ1v) is 8.56. The average Bonchev–Trinajstić information content (AvgIpc) is 2.64. The number of benzene rings is 1. The lowest BCUT2D eigenvalue weighted by atomic mass is 9.97. The number of anilines is 4. The number of aromatic nitrogens is 2. The zero-order valence-corrected chi connectivity index (χ0v) is 14.2. The summed E-state index contributed by atoms with van der Waals surface area (Å²) in [5.41, 5.74) is 9.47. The van der Waals surface area contributed by atoms with Crippen LogP contribution in [0.4, 0.5) is 23.0 Å². The molecule has 0 unspecified atom stereocenters. The SMILES string of the molecule is CN(c1ccccc1)c1ncnc(NCCC2=CCCCC2)c1N. The van der Waals surface area contributed by atoms with E-state index in [-0.39, 0.29) is 0 Å². The van der Waals surface area contributed by atoms with Crippen molar-refractivity contribution in [3.8, 4) is 0 Å². The molecule has 24 heavy (non-hydrogen) atoms. The standard InChI is InChI=1S/C19H25N5/c1-24(16-10-6-3-7-11-16)19-17(20)18(22-14-23-19)21-13-12-15-8-4-2-5-9-15/h3,6-8,10-11,14H,2,4-5,9,12-13,20H2,1H3,(H,21,22,23). The molecule has 1 aromatic carbocycles. The summed E-state index contributed by atoms with van der Waals surface area (Å²) in [6.45, 7) is 0.849. The monoisotopic (exact) mass is 323 g/mol. The van der Waals surface area contributed by atoms with Crippen molar-refractivity contribution >= 4 is 23.0 Å². The molecule has 0 aliphatic heterocycles. The molecule has 1 aromatic heterocycles. The topological polar surface area (TPSA) is 67.1 Å². The molecule has 0 spiro atoms. The molecule has 0 saturated heterocycles. The first-order valence-electron chi connectivity index (χ1n) is 8.56. The Morgan fingerprint density at radius 2 is 2.00 bits per heavy atom. The van der Waals surface area contributed by atoms with Gasteiger partial charge in [0.05, 0.1) is 0 Å². The molecule has 5 heteroatoms. The van der Waals surface area contributed by atoms with Gasteiger partial charge in [-0.3, -0.25) is 0 Å². The zero-order chi connectivity index (χ0) is 16.8. The molecule has 0 radical (unpaired) electrons. The van der Waals surface area contributed by atoms with E-state index in [9.17, 15) is 0 Å². The predicted molar refractivity (Wildman–Crippen MR) is 101 cm³/mol. The lowest BCUT2D eigenvalue weighted by Gasteiger charge is -2.21. The summed E-state index contributed by atoms with van der Waals surface area (Å²) in [7, 11) is 1.96. The number of nitrogens with one attached hydrogen (secondary N) is 1. The van der Waals surface area contributed by atoms with Crippen LogP contribution in [0.15, 0.2) is 48.3 Å². The summed E-state index contributed by atoms with van der Waals surface area (Å²) >= 11 is 0. The Hall–Kier alpha value is -2.56. The van der Waals surface area contributed by atoms with E-state index in [4.69, 9.17) is 5.73 Å². The van der Waals surface area contributed by atoms with E-state index in [1.54, 1.807) is 11.9 Å². The van der Waals surface area contributed by atoms with Gasteiger partial charge in [-0.1, -0.05) is 29.8 Å². The Bertz CT molecular complexity index is 696. The highest BCUT2D eigenvalue weighted by atomic mass is 15.2. The van der Waals surface area contributed by atoms with E-state index in [0.717, 1.165) is 24.5 Å². The minimum atomic E-state index is 0.585. The molecule has 3 N–H and O–H groups in total. The van der Waals surface area contributed by atoms with Crippen LogP contribution in [-0.2, 0) is 0 Å². The number of hydrogen-bond acceptors (Lipinski definition) is 5. The molecule has 0 saturated carbocycles. The van der Waals surface area contributed by atoms with Gasteiger partial charge in [-0.25, -0.2) is 9.97 Å². The molecule has 3 rings (SSSR count). The molecule has 1 aliphatic rings. The van der Waals surface area contributed by atoms with E-state index in [0.29, 0.717) is 11.5 Å². The summed E-state index contributed by atoms with van der Waals surface area (Å²) in [4.78, 5) is 10.6. The van der Waals surface area contributed by atoms with Crippen LogP contribution in [0, 0.1) is 0 Å². The predicted octanol–water partition coefficient (Wildman–Crippen LogP) is 4.13. The number of rotatable bonds is 6. The largest absolute Gasteiger partial charge is 0.393 e. The molecule has 0 bridgehead atoms. The van der Waals surface area contributed by atoms with E-state index >= 15 is 0 Å². The molecule has 2 aromatic rings. The van der Waals surface area contributed by atoms with Crippen molar-refractivity contribution < 1.29 is 0 Å². The maximum atomic E-state index is 6.30. The summed E-state index contributed by atoms with van der Waals surface area (Å²) in [6, 6.07) is 10.1. The van der Waals surface area contributed by atoms with E-state index in [1.165, 1.54) is 25.7 Å². The second kappa shape index (κ2) is 7.81. The number of para-hydroxylation sites is 1. The molecule has 0 amide bonds. The third-order valence-electron chi connectivity index (χ3n) is 4.45. The van der Waals surface area contributed by atoms with Gasteiger partial charge in [0.1, 0.15) is 12.0 Å². The summed E-state index contributed by atoms with van der Waals surface area (Å²) in [5.74, 6) is 1.43. The van der Waals surface area contributed by atoms with Crippen molar-refractivity contribution in [1.82, 2.24) is 9.97 Å². The Kier molecular flexibility index (Phi) is 5.31. The Morgan fingerprint density at radius 3 is 2.75 bits per heavy atom. The maximum Gasteiger partial charge on any atom is 0.161 e. The lowest BCUT2D eigenvalue weighted by molar-refractivity contribution is 0.679. The van der Waals surface area contributed by atoms with Crippen LogP contribution < -0.4 is 16.0 Å². The molecule has 126 valence electrons. The van der Waals surface area contributed by atoms with Crippen LogP contribution in [0.2, 0.25) is 0 Å². The minimum Gasteiger partial charge on any atom is -0.393 e. The van der Waals surface area contributed by atoms with Crippen LogP contribution in [0.1, 0.15) is 32.1 Å². The number of allylic oxidation sites excluding steroid dienone is 1. The fraction of sp³-hybridized carbons (Fsp3) is 0.368. The fourth-order valence-electron chi connectivity index (χ4n) is 3.04. The van der Waals surface area contributed by atoms with Gasteiger partial charge in [0.15, 0.2) is 11.6 Å². The normalized spacial score (nSPS) is 14.1. The van der Waals surface area contributed by atoms with E-state index < -0.39 is 0 Å². The van der Waals surface area contributed by atoms with Gasteiger partial charge in [0.2, 0.25) is 0 Å². The van der Waals surface area contributed by atoms with Gasteiger partial charge in [-0.15, -0.1) is 0 Å². The van der Waals surface area contributed by atoms with Crippen molar-refractivity contribution in [2.75, 3.05) is 29.5 Å². The summed E-state index contributed by atoms with van der Waals surface area (Å²) < 4.78 is 0.